The van der Waals surface area contributed by atoms with Gasteiger partial charge in [-0.3, -0.25) is 4.79 Å². The second-order valence-corrected chi connectivity index (χ2v) is 5.87. The molecule has 1 saturated carbocycles. The van der Waals surface area contributed by atoms with Crippen molar-refractivity contribution in [3.8, 4) is 0 Å². The van der Waals surface area contributed by atoms with Gasteiger partial charge in [0.15, 0.2) is 0 Å². The van der Waals surface area contributed by atoms with Crippen LogP contribution in [0.1, 0.15) is 62.9 Å². The maximum Gasteiger partial charge on any atom is 0.271 e. The van der Waals surface area contributed by atoms with Crippen LogP contribution in [0.3, 0.4) is 0 Å². The Morgan fingerprint density at radius 1 is 1.29 bits per heavy atom. The fraction of sp³-hybridized carbons (Fsp3) is 0.688. The van der Waals surface area contributed by atoms with E-state index in [9.17, 15) is 4.79 Å². The number of aromatic nitrogens is 2. The summed E-state index contributed by atoms with van der Waals surface area (Å²) in [5, 5.41) is 6.21. The van der Waals surface area contributed by atoms with E-state index in [1.54, 1.807) is 12.4 Å². The van der Waals surface area contributed by atoms with Crippen LogP contribution in [0.4, 0.5) is 5.82 Å². The molecule has 0 aromatic carbocycles. The largest absolute Gasteiger partial charge is 0.369 e. The molecular weight excluding hydrogens is 264 g/mol. The summed E-state index contributed by atoms with van der Waals surface area (Å²) < 4.78 is 0. The van der Waals surface area contributed by atoms with Gasteiger partial charge in [0.2, 0.25) is 0 Å². The quantitative estimate of drug-likeness (QED) is 0.845. The van der Waals surface area contributed by atoms with Crippen LogP contribution in [0.15, 0.2) is 12.4 Å². The number of nitrogens with zero attached hydrogens (tertiary/aromatic N) is 2. The van der Waals surface area contributed by atoms with Crippen molar-refractivity contribution in [3.05, 3.63) is 18.1 Å². The smallest absolute Gasteiger partial charge is 0.271 e. The number of hydrogen-bond donors (Lipinski definition) is 2. The van der Waals surface area contributed by atoms with Gasteiger partial charge in [-0.15, -0.1) is 0 Å². The third-order valence-corrected chi connectivity index (χ3v) is 4.16. The molecule has 0 radical (unpaired) electrons. The van der Waals surface area contributed by atoms with Gasteiger partial charge in [-0.1, -0.05) is 26.2 Å². The Kier molecular flexibility index (Phi) is 5.96. The number of amides is 1. The fourth-order valence-corrected chi connectivity index (χ4v) is 2.82. The topological polar surface area (TPSA) is 66.9 Å². The number of carbonyl (C=O) groups excluding carboxylic acids is 1. The molecule has 0 aliphatic heterocycles. The van der Waals surface area contributed by atoms with E-state index in [1.165, 1.54) is 32.1 Å². The van der Waals surface area contributed by atoms with E-state index in [1.807, 2.05) is 0 Å². The molecule has 1 amide bonds. The molecule has 1 aliphatic carbocycles. The lowest BCUT2D eigenvalue weighted by molar-refractivity contribution is 0.0914. The summed E-state index contributed by atoms with van der Waals surface area (Å²) in [5.74, 6) is 1.19. The van der Waals surface area contributed by atoms with Gasteiger partial charge in [0.25, 0.3) is 5.91 Å². The monoisotopic (exact) mass is 290 g/mol. The molecule has 5 heteroatoms. The minimum atomic E-state index is -0.123. The maximum absolute atomic E-state index is 12.2. The summed E-state index contributed by atoms with van der Waals surface area (Å²) in [6.07, 6.45) is 10.5. The van der Waals surface area contributed by atoms with Crippen LogP contribution in [0.25, 0.3) is 0 Å². The van der Waals surface area contributed by atoms with Crippen molar-refractivity contribution in [2.24, 2.45) is 5.92 Å². The van der Waals surface area contributed by atoms with Crippen LogP contribution >= 0.6 is 0 Å². The van der Waals surface area contributed by atoms with Crippen LogP contribution in [0.2, 0.25) is 0 Å². The standard InChI is InChI=1S/C16H26N4O/c1-3-9-17-15-11-18-14(10-19-15)16(21)20-12(2)13-7-5-4-6-8-13/h10-13H,3-9H2,1-2H3,(H,17,19)(H,20,21). The van der Waals surface area contributed by atoms with Gasteiger partial charge >= 0.3 is 0 Å². The van der Waals surface area contributed by atoms with E-state index in [-0.39, 0.29) is 11.9 Å². The molecule has 1 atom stereocenters. The highest BCUT2D eigenvalue weighted by Crippen LogP contribution is 2.26. The first-order valence-corrected chi connectivity index (χ1v) is 8.07. The number of nitrogens with one attached hydrogen (secondary N) is 2. The van der Waals surface area contributed by atoms with Gasteiger partial charge < -0.3 is 10.6 Å². The second kappa shape index (κ2) is 7.96. The SMILES string of the molecule is CCCNc1cnc(C(=O)NC(C)C2CCCCC2)cn1. The molecule has 1 aromatic heterocycles. The molecule has 1 aromatic rings. The molecule has 5 nitrogen and oxygen atoms in total. The van der Waals surface area contributed by atoms with Gasteiger partial charge in [0.1, 0.15) is 11.5 Å². The molecule has 0 saturated heterocycles. The summed E-state index contributed by atoms with van der Waals surface area (Å²) in [6.45, 7) is 5.05. The Morgan fingerprint density at radius 2 is 2.05 bits per heavy atom. The van der Waals surface area contributed by atoms with Crippen molar-refractivity contribution >= 4 is 11.7 Å². The average molecular weight is 290 g/mol. The fourth-order valence-electron chi connectivity index (χ4n) is 2.82. The van der Waals surface area contributed by atoms with Gasteiger partial charge in [0.05, 0.1) is 12.4 Å². The van der Waals surface area contributed by atoms with Crippen LogP contribution in [0.5, 0.6) is 0 Å². The van der Waals surface area contributed by atoms with E-state index >= 15 is 0 Å². The highest BCUT2D eigenvalue weighted by molar-refractivity contribution is 5.92. The molecule has 2 rings (SSSR count). The van der Waals surface area contributed by atoms with Gasteiger partial charge in [-0.05, 0) is 32.1 Å². The van der Waals surface area contributed by atoms with E-state index in [0.717, 1.165) is 13.0 Å². The number of anilines is 1. The Hall–Kier alpha value is -1.65. The molecule has 2 N–H and O–H groups in total. The Morgan fingerprint density at radius 3 is 2.67 bits per heavy atom. The Labute approximate surface area is 127 Å². The summed E-state index contributed by atoms with van der Waals surface area (Å²) >= 11 is 0. The van der Waals surface area contributed by atoms with E-state index in [2.05, 4.69) is 34.4 Å². The summed E-state index contributed by atoms with van der Waals surface area (Å²) in [5.41, 5.74) is 0.389. The van der Waals surface area contributed by atoms with E-state index in [0.29, 0.717) is 17.4 Å². The summed E-state index contributed by atoms with van der Waals surface area (Å²) in [6, 6.07) is 0.206. The number of rotatable bonds is 6. The first-order valence-electron chi connectivity index (χ1n) is 8.07. The van der Waals surface area contributed by atoms with Gasteiger partial charge in [-0.2, -0.15) is 0 Å². The van der Waals surface area contributed by atoms with Crippen molar-refractivity contribution in [1.29, 1.82) is 0 Å². The highest BCUT2D eigenvalue weighted by Gasteiger charge is 2.22. The third kappa shape index (κ3) is 4.69. The highest BCUT2D eigenvalue weighted by atomic mass is 16.1. The van der Waals surface area contributed by atoms with Crippen molar-refractivity contribution in [3.63, 3.8) is 0 Å². The van der Waals surface area contributed by atoms with Crippen molar-refractivity contribution in [2.75, 3.05) is 11.9 Å². The average Bonchev–Trinajstić information content (AvgIpc) is 2.54. The number of carbonyl (C=O) groups is 1. The van der Waals surface area contributed by atoms with E-state index in [4.69, 9.17) is 0 Å². The van der Waals surface area contributed by atoms with Gasteiger partial charge in [-0.25, -0.2) is 9.97 Å². The molecule has 116 valence electrons. The molecule has 0 spiro atoms. The Bertz CT molecular complexity index is 440. The zero-order chi connectivity index (χ0) is 15.1. The molecular formula is C16H26N4O. The van der Waals surface area contributed by atoms with Crippen LogP contribution in [0, 0.1) is 5.92 Å². The predicted molar refractivity (Wildman–Crippen MR) is 84.3 cm³/mol. The van der Waals surface area contributed by atoms with E-state index < -0.39 is 0 Å². The first-order chi connectivity index (χ1) is 10.2. The maximum atomic E-state index is 12.2. The lowest BCUT2D eigenvalue weighted by Crippen LogP contribution is -2.39. The van der Waals surface area contributed by atoms with Crippen molar-refractivity contribution < 1.29 is 4.79 Å². The first kappa shape index (κ1) is 15.7. The second-order valence-electron chi connectivity index (χ2n) is 5.87. The normalized spacial score (nSPS) is 17.2. The summed E-state index contributed by atoms with van der Waals surface area (Å²) in [7, 11) is 0. The predicted octanol–water partition coefficient (Wildman–Crippen LogP) is 3.00. The molecule has 1 aliphatic rings. The van der Waals surface area contributed by atoms with Crippen LogP contribution < -0.4 is 10.6 Å². The minimum absolute atomic E-state index is 0.123. The molecule has 1 unspecified atom stereocenters. The summed E-state index contributed by atoms with van der Waals surface area (Å²) in [4.78, 5) is 20.6. The molecule has 0 bridgehead atoms. The third-order valence-electron chi connectivity index (χ3n) is 4.16. The van der Waals surface area contributed by atoms with Gasteiger partial charge in [0, 0.05) is 12.6 Å². The minimum Gasteiger partial charge on any atom is -0.369 e. The van der Waals surface area contributed by atoms with Crippen LogP contribution in [-0.4, -0.2) is 28.5 Å². The zero-order valence-corrected chi connectivity index (χ0v) is 13.1. The van der Waals surface area contributed by atoms with Crippen LogP contribution in [-0.2, 0) is 0 Å². The molecule has 1 fully saturated rings. The van der Waals surface area contributed by atoms with Crippen molar-refractivity contribution in [1.82, 2.24) is 15.3 Å². The lowest BCUT2D eigenvalue weighted by Gasteiger charge is -2.28. The molecule has 21 heavy (non-hydrogen) atoms. The van der Waals surface area contributed by atoms with Crippen molar-refractivity contribution in [2.45, 2.75) is 58.4 Å². The lowest BCUT2D eigenvalue weighted by atomic mass is 9.84. The number of hydrogen-bond acceptors (Lipinski definition) is 4. The zero-order valence-electron chi connectivity index (χ0n) is 13.1. The Balaban J connectivity index is 1.87. The molecule has 1 heterocycles.